The van der Waals surface area contributed by atoms with E-state index >= 15 is 0 Å². The lowest BCUT2D eigenvalue weighted by Crippen LogP contribution is -2.25. The molecule has 3 heterocycles. The van der Waals surface area contributed by atoms with Crippen LogP contribution in [0, 0.1) is 0 Å². The third-order valence-corrected chi connectivity index (χ3v) is 8.29. The molecule has 0 N–H and O–H groups in total. The molecule has 2 atom stereocenters. The van der Waals surface area contributed by atoms with Crippen LogP contribution in [0.15, 0.2) is 71.9 Å². The van der Waals surface area contributed by atoms with Crippen molar-refractivity contribution in [3.63, 3.8) is 0 Å². The summed E-state index contributed by atoms with van der Waals surface area (Å²) in [5.74, 6) is 0.849. The number of likely N-dealkylation sites (tertiary alicyclic amines) is 1. The Morgan fingerprint density at radius 3 is 2.48 bits per heavy atom. The van der Waals surface area contributed by atoms with Crippen LogP contribution in [0.5, 0.6) is 5.75 Å². The van der Waals surface area contributed by atoms with E-state index in [-0.39, 0.29) is 11.2 Å². The zero-order valence-electron chi connectivity index (χ0n) is 16.2. The second kappa shape index (κ2) is 6.97. The fraction of sp³-hybridized carbons (Fsp3) is 0.261. The SMILES string of the molecule is COc1ccc(CN2C[C@H]3c4cc(-c5ccncc5)ccc4S(=O)(=O)[C@H]3C2)cc1. The van der Waals surface area contributed by atoms with Crippen LogP contribution in [0.4, 0.5) is 0 Å². The Balaban J connectivity index is 1.43. The van der Waals surface area contributed by atoms with Gasteiger partial charge >= 0.3 is 0 Å². The van der Waals surface area contributed by atoms with Gasteiger partial charge in [-0.15, -0.1) is 0 Å². The summed E-state index contributed by atoms with van der Waals surface area (Å²) < 4.78 is 31.5. The summed E-state index contributed by atoms with van der Waals surface area (Å²) in [6.45, 7) is 2.06. The van der Waals surface area contributed by atoms with Crippen molar-refractivity contribution in [3.05, 3.63) is 78.1 Å². The van der Waals surface area contributed by atoms with Crippen molar-refractivity contribution in [2.45, 2.75) is 22.6 Å². The fourth-order valence-corrected chi connectivity index (χ4v) is 6.76. The molecule has 0 bridgehead atoms. The van der Waals surface area contributed by atoms with E-state index in [1.165, 1.54) is 0 Å². The summed E-state index contributed by atoms with van der Waals surface area (Å²) >= 11 is 0. The molecule has 5 rings (SSSR count). The first-order valence-corrected chi connectivity index (χ1v) is 11.2. The third-order valence-electron chi connectivity index (χ3n) is 6.04. The fourth-order valence-electron chi connectivity index (χ4n) is 4.57. The molecule has 0 aliphatic carbocycles. The Hall–Kier alpha value is -2.70. The first-order chi connectivity index (χ1) is 14.1. The standard InChI is InChI=1S/C23H22N2O3S/c1-28-19-5-2-16(3-6-19)13-25-14-21-20-12-18(17-8-10-24-11-9-17)4-7-22(20)29(26,27)23(21)15-25/h2-12,21,23H,13-15H2,1H3/t21-,23-/m0/s1. The van der Waals surface area contributed by atoms with Gasteiger partial charge < -0.3 is 4.74 Å². The van der Waals surface area contributed by atoms with E-state index < -0.39 is 9.84 Å². The van der Waals surface area contributed by atoms with E-state index in [2.05, 4.69) is 16.0 Å². The molecule has 1 saturated heterocycles. The van der Waals surface area contributed by atoms with Gasteiger partial charge in [-0.3, -0.25) is 9.88 Å². The number of fused-ring (bicyclic) bond motifs is 3. The molecule has 0 amide bonds. The Morgan fingerprint density at radius 2 is 1.76 bits per heavy atom. The summed E-state index contributed by atoms with van der Waals surface area (Å²) in [4.78, 5) is 6.83. The molecule has 2 aromatic carbocycles. The number of ether oxygens (including phenoxy) is 1. The predicted molar refractivity (Wildman–Crippen MR) is 112 cm³/mol. The number of sulfone groups is 1. The number of hydrogen-bond acceptors (Lipinski definition) is 5. The average molecular weight is 407 g/mol. The molecule has 2 aliphatic rings. The van der Waals surface area contributed by atoms with Crippen molar-refractivity contribution in [3.8, 4) is 16.9 Å². The highest BCUT2D eigenvalue weighted by molar-refractivity contribution is 7.92. The molecule has 0 unspecified atom stereocenters. The van der Waals surface area contributed by atoms with E-state index in [0.717, 1.165) is 41.1 Å². The van der Waals surface area contributed by atoms with Crippen LogP contribution in [-0.4, -0.2) is 43.8 Å². The molecule has 2 aliphatic heterocycles. The second-order valence-corrected chi connectivity index (χ2v) is 9.86. The third kappa shape index (κ3) is 3.12. The van der Waals surface area contributed by atoms with E-state index in [9.17, 15) is 8.42 Å². The van der Waals surface area contributed by atoms with Crippen LogP contribution in [0.1, 0.15) is 17.0 Å². The first-order valence-electron chi connectivity index (χ1n) is 9.70. The summed E-state index contributed by atoms with van der Waals surface area (Å²) in [5.41, 5.74) is 4.21. The zero-order valence-corrected chi connectivity index (χ0v) is 17.0. The molecule has 6 heteroatoms. The highest BCUT2D eigenvalue weighted by Gasteiger charge is 2.50. The van der Waals surface area contributed by atoms with Crippen molar-refractivity contribution in [2.75, 3.05) is 20.2 Å². The summed E-state index contributed by atoms with van der Waals surface area (Å²) in [6, 6.07) is 17.6. The van der Waals surface area contributed by atoms with Gasteiger partial charge in [-0.2, -0.15) is 0 Å². The van der Waals surface area contributed by atoms with Gasteiger partial charge in [-0.05, 0) is 58.7 Å². The lowest BCUT2D eigenvalue weighted by molar-refractivity contribution is 0.325. The molecule has 0 radical (unpaired) electrons. The molecular formula is C23H22N2O3S. The molecule has 1 aromatic heterocycles. The number of pyridine rings is 1. The second-order valence-electron chi connectivity index (χ2n) is 7.72. The first kappa shape index (κ1) is 18.3. The van der Waals surface area contributed by atoms with E-state index in [0.29, 0.717) is 11.4 Å². The van der Waals surface area contributed by atoms with E-state index in [1.54, 1.807) is 25.6 Å². The maximum Gasteiger partial charge on any atom is 0.183 e. The van der Waals surface area contributed by atoms with Gasteiger partial charge in [0.25, 0.3) is 0 Å². The van der Waals surface area contributed by atoms with Crippen molar-refractivity contribution in [1.82, 2.24) is 9.88 Å². The number of benzene rings is 2. The Morgan fingerprint density at radius 1 is 1.00 bits per heavy atom. The van der Waals surface area contributed by atoms with Gasteiger partial charge in [0.15, 0.2) is 9.84 Å². The molecule has 5 nitrogen and oxygen atoms in total. The topological polar surface area (TPSA) is 59.5 Å². The van der Waals surface area contributed by atoms with Gasteiger partial charge in [-0.25, -0.2) is 8.42 Å². The Kier molecular flexibility index (Phi) is 4.41. The van der Waals surface area contributed by atoms with Crippen molar-refractivity contribution in [2.24, 2.45) is 0 Å². The monoisotopic (exact) mass is 406 g/mol. The van der Waals surface area contributed by atoms with E-state index in [4.69, 9.17) is 4.74 Å². The van der Waals surface area contributed by atoms with Gasteiger partial charge in [0.05, 0.1) is 17.3 Å². The van der Waals surface area contributed by atoms with Crippen LogP contribution in [-0.2, 0) is 16.4 Å². The number of nitrogens with zero attached hydrogens (tertiary/aromatic N) is 2. The largest absolute Gasteiger partial charge is 0.497 e. The van der Waals surface area contributed by atoms with Gasteiger partial charge in [0.2, 0.25) is 0 Å². The maximum atomic E-state index is 13.1. The van der Waals surface area contributed by atoms with Crippen LogP contribution in [0.2, 0.25) is 0 Å². The predicted octanol–water partition coefficient (Wildman–Crippen LogP) is 3.51. The van der Waals surface area contributed by atoms with Gasteiger partial charge in [0.1, 0.15) is 5.75 Å². The van der Waals surface area contributed by atoms with Crippen molar-refractivity contribution < 1.29 is 13.2 Å². The van der Waals surface area contributed by atoms with Gasteiger partial charge in [-0.1, -0.05) is 18.2 Å². The normalized spacial score (nSPS) is 22.2. The summed E-state index contributed by atoms with van der Waals surface area (Å²) in [5, 5.41) is -0.358. The van der Waals surface area contributed by atoms with Crippen LogP contribution < -0.4 is 4.74 Å². The van der Waals surface area contributed by atoms with Gasteiger partial charge in [0, 0.05) is 37.9 Å². The minimum absolute atomic E-state index is 0.0232. The quantitative estimate of drug-likeness (QED) is 0.664. The molecule has 148 valence electrons. The average Bonchev–Trinajstić information content (AvgIpc) is 3.26. The lowest BCUT2D eigenvalue weighted by Gasteiger charge is -2.18. The number of rotatable bonds is 4. The number of aromatic nitrogens is 1. The molecule has 0 saturated carbocycles. The Labute approximate surface area is 170 Å². The molecule has 3 aromatic rings. The minimum atomic E-state index is -3.29. The lowest BCUT2D eigenvalue weighted by atomic mass is 9.95. The van der Waals surface area contributed by atoms with Crippen LogP contribution in [0.25, 0.3) is 11.1 Å². The molecule has 1 fully saturated rings. The van der Waals surface area contributed by atoms with Crippen LogP contribution in [0.3, 0.4) is 0 Å². The minimum Gasteiger partial charge on any atom is -0.497 e. The highest BCUT2D eigenvalue weighted by atomic mass is 32.2. The maximum absolute atomic E-state index is 13.1. The molecular weight excluding hydrogens is 384 g/mol. The molecule has 0 spiro atoms. The zero-order chi connectivity index (χ0) is 20.0. The van der Waals surface area contributed by atoms with Crippen molar-refractivity contribution >= 4 is 9.84 Å². The van der Waals surface area contributed by atoms with Crippen LogP contribution >= 0.6 is 0 Å². The smallest absolute Gasteiger partial charge is 0.183 e. The van der Waals surface area contributed by atoms with Crippen molar-refractivity contribution in [1.29, 1.82) is 0 Å². The Bertz CT molecular complexity index is 1140. The number of hydrogen-bond donors (Lipinski definition) is 0. The van der Waals surface area contributed by atoms with E-state index in [1.807, 2.05) is 42.5 Å². The highest BCUT2D eigenvalue weighted by Crippen LogP contribution is 2.46. The summed E-state index contributed by atoms with van der Waals surface area (Å²) in [6.07, 6.45) is 3.52. The number of methoxy groups -OCH3 is 1. The molecule has 29 heavy (non-hydrogen) atoms. The summed E-state index contributed by atoms with van der Waals surface area (Å²) in [7, 11) is -1.64.